The summed E-state index contributed by atoms with van der Waals surface area (Å²) < 4.78 is 0. The van der Waals surface area contributed by atoms with Crippen LogP contribution in [-0.2, 0) is 4.79 Å². The van der Waals surface area contributed by atoms with Gasteiger partial charge >= 0.3 is 0 Å². The zero-order valence-corrected chi connectivity index (χ0v) is 13.4. The van der Waals surface area contributed by atoms with Gasteiger partial charge in [-0.2, -0.15) is 0 Å². The highest BCUT2D eigenvalue weighted by atomic mass is 35.5. The molecule has 1 fully saturated rings. The largest absolute Gasteiger partial charge is 0.397 e. The maximum atomic E-state index is 12.2. The second kappa shape index (κ2) is 7.11. The fourth-order valence-corrected chi connectivity index (χ4v) is 2.93. The van der Waals surface area contributed by atoms with Gasteiger partial charge in [-0.25, -0.2) is 0 Å². The smallest absolute Gasteiger partial charge is 0.238 e. The fraction of sp³-hybridized carbons (Fsp3) is 0.533. The highest BCUT2D eigenvalue weighted by Crippen LogP contribution is 2.23. The molecule has 1 aliphatic heterocycles. The number of anilines is 2. The van der Waals surface area contributed by atoms with E-state index in [4.69, 9.17) is 17.3 Å². The van der Waals surface area contributed by atoms with Gasteiger partial charge in [-0.3, -0.25) is 9.69 Å². The Kier molecular flexibility index (Phi) is 5.45. The lowest BCUT2D eigenvalue weighted by Crippen LogP contribution is -2.41. The van der Waals surface area contributed by atoms with Crippen molar-refractivity contribution in [2.45, 2.75) is 18.9 Å². The van der Waals surface area contributed by atoms with Gasteiger partial charge in [0.25, 0.3) is 0 Å². The molecule has 1 amide bonds. The third-order valence-electron chi connectivity index (χ3n) is 3.71. The van der Waals surface area contributed by atoms with E-state index in [1.54, 1.807) is 18.2 Å². The van der Waals surface area contributed by atoms with Crippen LogP contribution >= 0.6 is 11.6 Å². The molecule has 0 radical (unpaired) electrons. The molecule has 1 heterocycles. The van der Waals surface area contributed by atoms with Crippen LogP contribution in [0.4, 0.5) is 11.4 Å². The molecule has 2 rings (SSSR count). The van der Waals surface area contributed by atoms with Crippen LogP contribution in [0.25, 0.3) is 0 Å². The van der Waals surface area contributed by atoms with Crippen molar-refractivity contribution in [1.29, 1.82) is 0 Å². The minimum atomic E-state index is -0.0327. The van der Waals surface area contributed by atoms with Gasteiger partial charge in [0.2, 0.25) is 5.91 Å². The molecule has 1 aromatic carbocycles. The highest BCUT2D eigenvalue weighted by Gasteiger charge is 2.26. The van der Waals surface area contributed by atoms with E-state index in [2.05, 4.69) is 29.2 Å². The number of benzene rings is 1. The zero-order chi connectivity index (χ0) is 15.4. The lowest BCUT2D eigenvalue weighted by Gasteiger charge is -2.26. The molecule has 0 spiro atoms. The van der Waals surface area contributed by atoms with E-state index < -0.39 is 0 Å². The Morgan fingerprint density at radius 1 is 1.52 bits per heavy atom. The molecular formula is C15H23ClN4O. The predicted octanol–water partition coefficient (Wildman–Crippen LogP) is 1.89. The molecule has 1 atom stereocenters. The summed E-state index contributed by atoms with van der Waals surface area (Å²) in [5, 5.41) is 3.43. The second-order valence-corrected chi connectivity index (χ2v) is 6.24. The Hall–Kier alpha value is -1.30. The van der Waals surface area contributed by atoms with Crippen LogP contribution in [0.2, 0.25) is 5.02 Å². The van der Waals surface area contributed by atoms with E-state index in [1.165, 1.54) is 0 Å². The topological polar surface area (TPSA) is 61.6 Å². The molecule has 1 aliphatic rings. The van der Waals surface area contributed by atoms with Crippen LogP contribution in [0.15, 0.2) is 18.2 Å². The molecule has 21 heavy (non-hydrogen) atoms. The van der Waals surface area contributed by atoms with Crippen LogP contribution in [0, 0.1) is 0 Å². The first-order valence-electron chi connectivity index (χ1n) is 7.19. The number of amides is 1. The molecule has 0 saturated carbocycles. The molecule has 1 aromatic rings. The van der Waals surface area contributed by atoms with Gasteiger partial charge in [-0.1, -0.05) is 11.6 Å². The van der Waals surface area contributed by atoms with E-state index in [0.717, 1.165) is 25.9 Å². The minimum absolute atomic E-state index is 0.0327. The molecule has 116 valence electrons. The first kappa shape index (κ1) is 16.1. The van der Waals surface area contributed by atoms with Crippen molar-refractivity contribution in [1.82, 2.24) is 9.80 Å². The number of halogens is 1. The van der Waals surface area contributed by atoms with Crippen LogP contribution in [0.3, 0.4) is 0 Å². The number of nitrogens with one attached hydrogen (secondary N) is 1. The molecular weight excluding hydrogens is 288 g/mol. The van der Waals surface area contributed by atoms with Gasteiger partial charge in [0.15, 0.2) is 0 Å². The third-order valence-corrected chi connectivity index (χ3v) is 3.94. The molecule has 0 bridgehead atoms. The lowest BCUT2D eigenvalue weighted by molar-refractivity contribution is -0.117. The van der Waals surface area contributed by atoms with Crippen molar-refractivity contribution < 1.29 is 4.79 Å². The summed E-state index contributed by atoms with van der Waals surface area (Å²) in [4.78, 5) is 16.6. The minimum Gasteiger partial charge on any atom is -0.397 e. The average Bonchev–Trinajstić information content (AvgIpc) is 2.79. The number of nitrogen functional groups attached to an aromatic ring is 1. The van der Waals surface area contributed by atoms with Gasteiger partial charge in [0.1, 0.15) is 0 Å². The summed E-state index contributed by atoms with van der Waals surface area (Å²) in [6.45, 7) is 2.36. The normalized spacial score (nSPS) is 19.1. The van der Waals surface area contributed by atoms with Crippen molar-refractivity contribution in [3.63, 3.8) is 0 Å². The molecule has 1 unspecified atom stereocenters. The van der Waals surface area contributed by atoms with Crippen molar-refractivity contribution in [3.8, 4) is 0 Å². The van der Waals surface area contributed by atoms with Gasteiger partial charge in [0, 0.05) is 17.6 Å². The Labute approximate surface area is 131 Å². The van der Waals surface area contributed by atoms with E-state index in [1.807, 2.05) is 0 Å². The number of hydrogen-bond acceptors (Lipinski definition) is 4. The van der Waals surface area contributed by atoms with Gasteiger partial charge in [-0.15, -0.1) is 0 Å². The second-order valence-electron chi connectivity index (χ2n) is 5.81. The van der Waals surface area contributed by atoms with Crippen LogP contribution < -0.4 is 11.1 Å². The molecule has 0 aromatic heterocycles. The SMILES string of the molecule is CN(C)CC1CCCN1CC(=O)Nc1ccc(Cl)cc1N. The molecule has 3 N–H and O–H groups in total. The standard InChI is InChI=1S/C15H23ClN4O/c1-19(2)9-12-4-3-7-20(12)10-15(21)18-14-6-5-11(16)8-13(14)17/h5-6,8,12H,3-4,7,9-10,17H2,1-2H3,(H,18,21). The molecule has 6 heteroatoms. The Balaban J connectivity index is 1.92. The summed E-state index contributed by atoms with van der Waals surface area (Å²) in [5.74, 6) is -0.0327. The van der Waals surface area contributed by atoms with Crippen LogP contribution in [-0.4, -0.2) is 55.5 Å². The summed E-state index contributed by atoms with van der Waals surface area (Å²) in [6, 6.07) is 5.55. The van der Waals surface area contributed by atoms with Crippen LogP contribution in [0.5, 0.6) is 0 Å². The van der Waals surface area contributed by atoms with E-state index in [-0.39, 0.29) is 5.91 Å². The highest BCUT2D eigenvalue weighted by molar-refractivity contribution is 6.31. The zero-order valence-electron chi connectivity index (χ0n) is 12.6. The predicted molar refractivity (Wildman–Crippen MR) is 87.6 cm³/mol. The number of likely N-dealkylation sites (N-methyl/N-ethyl adjacent to an activating group) is 1. The molecule has 0 aliphatic carbocycles. The number of nitrogens with two attached hydrogens (primary N) is 1. The first-order chi connectivity index (χ1) is 9.95. The fourth-order valence-electron chi connectivity index (χ4n) is 2.75. The average molecular weight is 311 g/mol. The van der Waals surface area contributed by atoms with Crippen molar-refractivity contribution in [2.24, 2.45) is 0 Å². The maximum absolute atomic E-state index is 12.2. The summed E-state index contributed by atoms with van der Waals surface area (Å²) in [7, 11) is 4.12. The Morgan fingerprint density at radius 2 is 2.29 bits per heavy atom. The quantitative estimate of drug-likeness (QED) is 0.815. The molecule has 1 saturated heterocycles. The van der Waals surface area contributed by atoms with Crippen molar-refractivity contribution in [3.05, 3.63) is 23.2 Å². The lowest BCUT2D eigenvalue weighted by atomic mass is 10.2. The Morgan fingerprint density at radius 3 is 2.95 bits per heavy atom. The summed E-state index contributed by atoms with van der Waals surface area (Å²) in [5.41, 5.74) is 6.96. The number of carbonyl (C=O) groups excluding carboxylic acids is 1. The first-order valence-corrected chi connectivity index (χ1v) is 7.57. The van der Waals surface area contributed by atoms with E-state index in [0.29, 0.717) is 29.0 Å². The van der Waals surface area contributed by atoms with E-state index in [9.17, 15) is 4.79 Å². The number of nitrogens with zero attached hydrogens (tertiary/aromatic N) is 2. The maximum Gasteiger partial charge on any atom is 0.238 e. The van der Waals surface area contributed by atoms with E-state index >= 15 is 0 Å². The Bertz CT molecular complexity index is 506. The molecule has 5 nitrogen and oxygen atoms in total. The third kappa shape index (κ3) is 4.59. The number of hydrogen-bond donors (Lipinski definition) is 2. The van der Waals surface area contributed by atoms with Gasteiger partial charge < -0.3 is 16.0 Å². The number of rotatable bonds is 5. The number of likely N-dealkylation sites (tertiary alicyclic amines) is 1. The summed E-state index contributed by atoms with van der Waals surface area (Å²) in [6.07, 6.45) is 2.30. The summed E-state index contributed by atoms with van der Waals surface area (Å²) >= 11 is 5.85. The monoisotopic (exact) mass is 310 g/mol. The van der Waals surface area contributed by atoms with Gasteiger partial charge in [0.05, 0.1) is 17.9 Å². The van der Waals surface area contributed by atoms with Gasteiger partial charge in [-0.05, 0) is 51.7 Å². The van der Waals surface area contributed by atoms with Crippen molar-refractivity contribution in [2.75, 3.05) is 44.8 Å². The van der Waals surface area contributed by atoms with Crippen LogP contribution in [0.1, 0.15) is 12.8 Å². The van der Waals surface area contributed by atoms with Crippen molar-refractivity contribution >= 4 is 28.9 Å². The number of carbonyl (C=O) groups is 1.